The van der Waals surface area contributed by atoms with E-state index < -0.39 is 41.0 Å². The van der Waals surface area contributed by atoms with Crippen molar-refractivity contribution in [1.82, 2.24) is 5.32 Å². The lowest BCUT2D eigenvalue weighted by atomic mass is 9.78. The highest BCUT2D eigenvalue weighted by molar-refractivity contribution is 5.96. The Morgan fingerprint density at radius 2 is 1.29 bits per heavy atom. The Kier molecular flexibility index (Phi) is 8.23. The molecule has 1 atom stereocenters. The molecule has 7 nitrogen and oxygen atoms in total. The zero-order valence-electron chi connectivity index (χ0n) is 16.0. The summed E-state index contributed by atoms with van der Waals surface area (Å²) in [5.41, 5.74) is -1.31. The predicted octanol–water partition coefficient (Wildman–Crippen LogP) is 2.67. The molecule has 7 heteroatoms. The van der Waals surface area contributed by atoms with Gasteiger partial charge in [0.2, 0.25) is 0 Å². The van der Waals surface area contributed by atoms with Crippen molar-refractivity contribution in [1.29, 1.82) is 0 Å². The summed E-state index contributed by atoms with van der Waals surface area (Å²) in [6, 6.07) is -0.842. The largest absolute Gasteiger partial charge is 0.465 e. The summed E-state index contributed by atoms with van der Waals surface area (Å²) in [5.74, 6) is -2.73. The highest BCUT2D eigenvalue weighted by Crippen LogP contribution is 2.28. The van der Waals surface area contributed by atoms with Crippen LogP contribution in [0.2, 0.25) is 0 Å². The number of carbonyl (C=O) groups excluding carboxylic acids is 3. The number of carbonyl (C=O) groups is 3. The van der Waals surface area contributed by atoms with Gasteiger partial charge in [0.25, 0.3) is 0 Å². The Bertz CT molecular complexity index is 429. The fourth-order valence-electron chi connectivity index (χ4n) is 2.07. The first-order valence-electron chi connectivity index (χ1n) is 8.16. The standard InChI is InChI=1S/C17H31NO6/c1-9-22-13(19)11(14(20)23-10-2)12(16(3,4)5)18-15(21)24-17(6,7)8/h11-12H,9-10H2,1-8H3,(H,18,21). The molecule has 0 aromatic heterocycles. The van der Waals surface area contributed by atoms with Gasteiger partial charge in [0.05, 0.1) is 19.3 Å². The Morgan fingerprint density at radius 1 is 0.875 bits per heavy atom. The maximum atomic E-state index is 12.3. The average molecular weight is 345 g/mol. The summed E-state index contributed by atoms with van der Waals surface area (Å²) in [4.78, 5) is 36.7. The molecule has 0 heterocycles. The molecular weight excluding hydrogens is 314 g/mol. The van der Waals surface area contributed by atoms with Crippen molar-refractivity contribution in [3.8, 4) is 0 Å². The van der Waals surface area contributed by atoms with Crippen LogP contribution in [-0.2, 0) is 23.8 Å². The normalized spacial score (nSPS) is 13.2. The van der Waals surface area contributed by atoms with Gasteiger partial charge in [-0.1, -0.05) is 20.8 Å². The smallest absolute Gasteiger partial charge is 0.407 e. The van der Waals surface area contributed by atoms with Crippen LogP contribution >= 0.6 is 0 Å². The molecule has 0 aromatic carbocycles. The van der Waals surface area contributed by atoms with E-state index in [0.29, 0.717) is 0 Å². The Hall–Kier alpha value is -1.79. The van der Waals surface area contributed by atoms with Gasteiger partial charge in [-0.05, 0) is 40.0 Å². The summed E-state index contributed by atoms with van der Waals surface area (Å²) in [6.07, 6.45) is -0.707. The molecule has 0 aliphatic rings. The minimum absolute atomic E-state index is 0.123. The zero-order valence-corrected chi connectivity index (χ0v) is 16.0. The van der Waals surface area contributed by atoms with Gasteiger partial charge < -0.3 is 19.5 Å². The Balaban J connectivity index is 5.57. The monoisotopic (exact) mass is 345 g/mol. The van der Waals surface area contributed by atoms with Crippen LogP contribution in [0.5, 0.6) is 0 Å². The molecule has 0 bridgehead atoms. The van der Waals surface area contributed by atoms with E-state index in [4.69, 9.17) is 14.2 Å². The molecule has 140 valence electrons. The first-order chi connectivity index (χ1) is 10.8. The second-order valence-electron chi connectivity index (χ2n) is 7.47. The van der Waals surface area contributed by atoms with Crippen LogP contribution in [0.15, 0.2) is 0 Å². The predicted molar refractivity (Wildman–Crippen MR) is 89.4 cm³/mol. The molecule has 0 aliphatic heterocycles. The van der Waals surface area contributed by atoms with Crippen molar-refractivity contribution in [3.05, 3.63) is 0 Å². The van der Waals surface area contributed by atoms with E-state index in [-0.39, 0.29) is 13.2 Å². The van der Waals surface area contributed by atoms with Gasteiger partial charge in [0.15, 0.2) is 5.92 Å². The van der Waals surface area contributed by atoms with Crippen molar-refractivity contribution >= 4 is 18.0 Å². The Morgan fingerprint density at radius 3 is 1.58 bits per heavy atom. The van der Waals surface area contributed by atoms with Gasteiger partial charge in [-0.3, -0.25) is 9.59 Å². The third-order valence-corrected chi connectivity index (χ3v) is 3.02. The number of ether oxygens (including phenoxy) is 3. The molecule has 0 aromatic rings. The number of alkyl carbamates (subject to hydrolysis) is 1. The molecule has 0 saturated heterocycles. The number of rotatable bonds is 6. The van der Waals surface area contributed by atoms with E-state index in [1.54, 1.807) is 55.4 Å². The summed E-state index contributed by atoms with van der Waals surface area (Å²) < 4.78 is 15.2. The summed E-state index contributed by atoms with van der Waals surface area (Å²) in [7, 11) is 0. The lowest BCUT2D eigenvalue weighted by Crippen LogP contribution is -2.55. The van der Waals surface area contributed by atoms with Crippen LogP contribution < -0.4 is 5.32 Å². The van der Waals surface area contributed by atoms with Crippen LogP contribution in [-0.4, -0.2) is 42.9 Å². The zero-order chi connectivity index (χ0) is 19.1. The molecule has 1 N–H and O–H groups in total. The first-order valence-corrected chi connectivity index (χ1v) is 8.16. The quantitative estimate of drug-likeness (QED) is 0.452. The fourth-order valence-corrected chi connectivity index (χ4v) is 2.07. The molecule has 0 aliphatic carbocycles. The van der Waals surface area contributed by atoms with Crippen LogP contribution in [0.3, 0.4) is 0 Å². The third-order valence-electron chi connectivity index (χ3n) is 3.02. The number of amides is 1. The second kappa shape index (κ2) is 8.89. The van der Waals surface area contributed by atoms with Crippen molar-refractivity contribution in [2.75, 3.05) is 13.2 Å². The first kappa shape index (κ1) is 22.2. The van der Waals surface area contributed by atoms with E-state index in [9.17, 15) is 14.4 Å². The molecule has 1 amide bonds. The number of hydrogen-bond acceptors (Lipinski definition) is 6. The topological polar surface area (TPSA) is 90.9 Å². The molecule has 24 heavy (non-hydrogen) atoms. The fraction of sp³-hybridized carbons (Fsp3) is 0.824. The maximum absolute atomic E-state index is 12.3. The summed E-state index contributed by atoms with van der Waals surface area (Å²) in [6.45, 7) is 14.1. The number of nitrogens with one attached hydrogen (secondary N) is 1. The van der Waals surface area contributed by atoms with Gasteiger partial charge in [-0.15, -0.1) is 0 Å². The lowest BCUT2D eigenvalue weighted by molar-refractivity contribution is -0.164. The van der Waals surface area contributed by atoms with E-state index >= 15 is 0 Å². The van der Waals surface area contributed by atoms with E-state index in [1.807, 2.05) is 0 Å². The van der Waals surface area contributed by atoms with Gasteiger partial charge >= 0.3 is 18.0 Å². The minimum atomic E-state index is -1.27. The summed E-state index contributed by atoms with van der Waals surface area (Å²) in [5, 5.41) is 2.63. The molecule has 1 unspecified atom stereocenters. The van der Waals surface area contributed by atoms with Crippen LogP contribution in [0.4, 0.5) is 4.79 Å². The van der Waals surface area contributed by atoms with Crippen molar-refractivity contribution in [2.24, 2.45) is 11.3 Å². The SMILES string of the molecule is CCOC(=O)C(C(=O)OCC)C(NC(=O)OC(C)(C)C)C(C)(C)C. The van der Waals surface area contributed by atoms with Gasteiger partial charge in [0, 0.05) is 0 Å². The molecule has 0 spiro atoms. The van der Waals surface area contributed by atoms with Gasteiger partial charge in [0.1, 0.15) is 5.60 Å². The third kappa shape index (κ3) is 7.66. The number of esters is 2. The van der Waals surface area contributed by atoms with Crippen molar-refractivity contribution < 1.29 is 28.6 Å². The molecule has 0 rings (SSSR count). The molecule has 0 fully saturated rings. The minimum Gasteiger partial charge on any atom is -0.465 e. The molecule has 0 radical (unpaired) electrons. The van der Waals surface area contributed by atoms with Gasteiger partial charge in [-0.25, -0.2) is 4.79 Å². The van der Waals surface area contributed by atoms with Crippen molar-refractivity contribution in [2.45, 2.75) is 67.0 Å². The lowest BCUT2D eigenvalue weighted by Gasteiger charge is -2.35. The van der Waals surface area contributed by atoms with Crippen LogP contribution in [0.1, 0.15) is 55.4 Å². The highest BCUT2D eigenvalue weighted by Gasteiger charge is 2.45. The Labute approximate surface area is 144 Å². The van der Waals surface area contributed by atoms with E-state index in [0.717, 1.165) is 0 Å². The van der Waals surface area contributed by atoms with Crippen molar-refractivity contribution in [3.63, 3.8) is 0 Å². The van der Waals surface area contributed by atoms with Crippen LogP contribution in [0.25, 0.3) is 0 Å². The van der Waals surface area contributed by atoms with E-state index in [2.05, 4.69) is 5.32 Å². The summed E-state index contributed by atoms with van der Waals surface area (Å²) >= 11 is 0. The maximum Gasteiger partial charge on any atom is 0.407 e. The highest BCUT2D eigenvalue weighted by atomic mass is 16.6. The molecule has 0 saturated carbocycles. The second-order valence-corrected chi connectivity index (χ2v) is 7.47. The van der Waals surface area contributed by atoms with E-state index in [1.165, 1.54) is 0 Å². The van der Waals surface area contributed by atoms with Crippen LogP contribution in [0, 0.1) is 11.3 Å². The average Bonchev–Trinajstić information content (AvgIpc) is 2.35. The number of hydrogen-bond donors (Lipinski definition) is 1. The van der Waals surface area contributed by atoms with Gasteiger partial charge in [-0.2, -0.15) is 0 Å². The molecular formula is C17H31NO6.